The maximum atomic E-state index is 12.8. The lowest BCUT2D eigenvalue weighted by molar-refractivity contribution is 0.0509. The number of thiazole rings is 1. The average molecular weight is 332 g/mol. The number of phenols is 1. The zero-order chi connectivity index (χ0) is 16.2. The number of aromatic hydroxyl groups is 1. The molecule has 122 valence electrons. The van der Waals surface area contributed by atoms with Gasteiger partial charge in [0.05, 0.1) is 17.3 Å². The summed E-state index contributed by atoms with van der Waals surface area (Å²) in [6.07, 6.45) is 3.68. The van der Waals surface area contributed by atoms with E-state index in [1.807, 2.05) is 19.1 Å². The molecule has 1 fully saturated rings. The summed E-state index contributed by atoms with van der Waals surface area (Å²) in [6.45, 7) is 3.53. The van der Waals surface area contributed by atoms with Crippen molar-refractivity contribution in [3.63, 3.8) is 0 Å². The molecule has 1 N–H and O–H groups in total. The van der Waals surface area contributed by atoms with E-state index >= 15 is 0 Å². The van der Waals surface area contributed by atoms with E-state index in [1.165, 1.54) is 11.3 Å². The number of hydrogen-bond acceptors (Lipinski definition) is 5. The molecule has 1 atom stereocenters. The molecule has 0 bridgehead atoms. The molecule has 5 nitrogen and oxygen atoms in total. The molecule has 3 rings (SSSR count). The van der Waals surface area contributed by atoms with E-state index in [0.29, 0.717) is 18.0 Å². The number of phenolic OH excluding ortho intramolecular Hbond substituents is 1. The van der Waals surface area contributed by atoms with Crippen LogP contribution in [-0.2, 0) is 11.3 Å². The maximum absolute atomic E-state index is 12.8. The Morgan fingerprint density at radius 3 is 2.96 bits per heavy atom. The van der Waals surface area contributed by atoms with Gasteiger partial charge in [0.15, 0.2) is 0 Å². The number of carbonyl (C=O) groups is 1. The molecule has 1 aromatic heterocycles. The van der Waals surface area contributed by atoms with Crippen molar-refractivity contribution in [3.05, 3.63) is 45.9 Å². The van der Waals surface area contributed by atoms with Crippen LogP contribution in [0.4, 0.5) is 0 Å². The number of hydrogen-bond donors (Lipinski definition) is 1. The molecular weight excluding hydrogens is 312 g/mol. The minimum absolute atomic E-state index is 0.0608. The first-order valence-corrected chi connectivity index (χ1v) is 8.55. The quantitative estimate of drug-likeness (QED) is 0.914. The molecule has 1 aliphatic heterocycles. The highest BCUT2D eigenvalue weighted by molar-refractivity contribution is 7.13. The van der Waals surface area contributed by atoms with E-state index < -0.39 is 0 Å². The molecule has 1 saturated heterocycles. The molecule has 0 radical (unpaired) electrons. The van der Waals surface area contributed by atoms with Crippen LogP contribution < -0.4 is 0 Å². The van der Waals surface area contributed by atoms with E-state index in [9.17, 15) is 9.90 Å². The number of benzene rings is 1. The number of para-hydroxylation sites is 1. The van der Waals surface area contributed by atoms with Crippen LogP contribution >= 0.6 is 11.3 Å². The van der Waals surface area contributed by atoms with Gasteiger partial charge in [-0.3, -0.25) is 4.79 Å². The van der Waals surface area contributed by atoms with Crippen molar-refractivity contribution in [3.8, 4) is 5.75 Å². The molecule has 6 heteroatoms. The van der Waals surface area contributed by atoms with Gasteiger partial charge in [0.2, 0.25) is 0 Å². The van der Waals surface area contributed by atoms with Crippen LogP contribution in [0.25, 0.3) is 0 Å². The normalized spacial score (nSPS) is 17.3. The minimum Gasteiger partial charge on any atom is -0.508 e. The summed E-state index contributed by atoms with van der Waals surface area (Å²) in [5, 5.41) is 10.9. The Balaban J connectivity index is 1.80. The molecule has 0 saturated carbocycles. The summed E-state index contributed by atoms with van der Waals surface area (Å²) in [6, 6.07) is 7.11. The highest BCUT2D eigenvalue weighted by atomic mass is 32.1. The van der Waals surface area contributed by atoms with Crippen LogP contribution in [0, 0.1) is 6.92 Å². The highest BCUT2D eigenvalue weighted by Gasteiger charge is 2.25. The second-order valence-electron chi connectivity index (χ2n) is 5.69. The van der Waals surface area contributed by atoms with Crippen molar-refractivity contribution in [1.82, 2.24) is 9.88 Å². The third-order valence-electron chi connectivity index (χ3n) is 3.92. The SMILES string of the molecule is Cc1ncc(C(=O)N(Cc2ccccc2O)C[C@H]2CCCO2)s1. The fourth-order valence-electron chi connectivity index (χ4n) is 2.72. The second-order valence-corrected chi connectivity index (χ2v) is 6.93. The first-order valence-electron chi connectivity index (χ1n) is 7.73. The van der Waals surface area contributed by atoms with Gasteiger partial charge in [-0.15, -0.1) is 11.3 Å². The molecule has 23 heavy (non-hydrogen) atoms. The third-order valence-corrected chi connectivity index (χ3v) is 4.82. The van der Waals surface area contributed by atoms with E-state index in [4.69, 9.17) is 4.74 Å². The van der Waals surface area contributed by atoms with Crippen molar-refractivity contribution in [2.75, 3.05) is 13.2 Å². The number of ether oxygens (including phenoxy) is 1. The third kappa shape index (κ3) is 3.89. The molecule has 0 aliphatic carbocycles. The predicted molar refractivity (Wildman–Crippen MR) is 88.7 cm³/mol. The lowest BCUT2D eigenvalue weighted by Crippen LogP contribution is -2.36. The van der Waals surface area contributed by atoms with Crippen LogP contribution in [0.15, 0.2) is 30.5 Å². The summed E-state index contributed by atoms with van der Waals surface area (Å²) >= 11 is 1.39. The Labute approximate surface area is 139 Å². The monoisotopic (exact) mass is 332 g/mol. The largest absolute Gasteiger partial charge is 0.508 e. The van der Waals surface area contributed by atoms with Crippen LogP contribution in [0.5, 0.6) is 5.75 Å². The first kappa shape index (κ1) is 16.0. The average Bonchev–Trinajstić information content (AvgIpc) is 3.19. The molecular formula is C17H20N2O3S. The molecule has 2 heterocycles. The number of amides is 1. The van der Waals surface area contributed by atoms with Gasteiger partial charge >= 0.3 is 0 Å². The first-order chi connectivity index (χ1) is 11.1. The zero-order valence-corrected chi connectivity index (χ0v) is 13.9. The lowest BCUT2D eigenvalue weighted by atomic mass is 10.1. The van der Waals surface area contributed by atoms with Gasteiger partial charge in [-0.25, -0.2) is 4.98 Å². The Morgan fingerprint density at radius 2 is 2.30 bits per heavy atom. The smallest absolute Gasteiger partial charge is 0.265 e. The van der Waals surface area contributed by atoms with Crippen molar-refractivity contribution in [2.24, 2.45) is 0 Å². The maximum Gasteiger partial charge on any atom is 0.265 e. The van der Waals surface area contributed by atoms with Gasteiger partial charge in [0.25, 0.3) is 5.91 Å². The van der Waals surface area contributed by atoms with Crippen LogP contribution in [0.3, 0.4) is 0 Å². The van der Waals surface area contributed by atoms with Gasteiger partial charge < -0.3 is 14.7 Å². The molecule has 2 aromatic rings. The van der Waals surface area contributed by atoms with Gasteiger partial charge in [-0.1, -0.05) is 18.2 Å². The van der Waals surface area contributed by atoms with Crippen LogP contribution in [0.1, 0.15) is 33.1 Å². The Morgan fingerprint density at radius 1 is 1.48 bits per heavy atom. The number of rotatable bonds is 5. The van der Waals surface area contributed by atoms with Gasteiger partial charge in [-0.05, 0) is 25.8 Å². The standard InChI is InChI=1S/C17H20N2O3S/c1-12-18-9-16(23-12)17(21)19(11-14-6-4-8-22-14)10-13-5-2-3-7-15(13)20/h2-3,5,7,9,14,20H,4,6,8,10-11H2,1H3/t14-/m1/s1. The van der Waals surface area contributed by atoms with Crippen LogP contribution in [0.2, 0.25) is 0 Å². The predicted octanol–water partition coefficient (Wildman–Crippen LogP) is 2.98. The van der Waals surface area contributed by atoms with E-state index in [2.05, 4.69) is 4.98 Å². The fraction of sp³-hybridized carbons (Fsp3) is 0.412. The zero-order valence-electron chi connectivity index (χ0n) is 13.1. The lowest BCUT2D eigenvalue weighted by Gasteiger charge is -2.25. The number of aryl methyl sites for hydroxylation is 1. The molecule has 1 amide bonds. The van der Waals surface area contributed by atoms with E-state index in [0.717, 1.165) is 30.0 Å². The van der Waals surface area contributed by atoms with E-state index in [1.54, 1.807) is 23.2 Å². The number of aromatic nitrogens is 1. The summed E-state index contributed by atoms with van der Waals surface area (Å²) in [4.78, 5) is 19.4. The van der Waals surface area contributed by atoms with Crippen molar-refractivity contribution < 1.29 is 14.6 Å². The summed E-state index contributed by atoms with van der Waals surface area (Å²) in [5.74, 6) is 0.146. The second kappa shape index (κ2) is 7.10. The van der Waals surface area contributed by atoms with Crippen molar-refractivity contribution >= 4 is 17.2 Å². The van der Waals surface area contributed by atoms with Gasteiger partial charge in [0.1, 0.15) is 10.6 Å². The number of carbonyl (C=O) groups excluding carboxylic acids is 1. The minimum atomic E-state index is -0.0608. The van der Waals surface area contributed by atoms with Gasteiger partial charge in [0, 0.05) is 25.3 Å². The Hall–Kier alpha value is -1.92. The van der Waals surface area contributed by atoms with E-state index in [-0.39, 0.29) is 17.8 Å². The number of nitrogens with zero attached hydrogens (tertiary/aromatic N) is 2. The molecule has 1 aliphatic rings. The Kier molecular flexibility index (Phi) is 4.93. The molecule has 0 spiro atoms. The van der Waals surface area contributed by atoms with Gasteiger partial charge in [-0.2, -0.15) is 0 Å². The summed E-state index contributed by atoms with van der Waals surface area (Å²) in [7, 11) is 0. The topological polar surface area (TPSA) is 62.7 Å². The summed E-state index contributed by atoms with van der Waals surface area (Å²) in [5.41, 5.74) is 0.736. The highest BCUT2D eigenvalue weighted by Crippen LogP contribution is 2.23. The van der Waals surface area contributed by atoms with Crippen molar-refractivity contribution in [2.45, 2.75) is 32.4 Å². The van der Waals surface area contributed by atoms with Crippen molar-refractivity contribution in [1.29, 1.82) is 0 Å². The summed E-state index contributed by atoms with van der Waals surface area (Å²) < 4.78 is 5.67. The Bertz CT molecular complexity index is 680. The molecule has 1 aromatic carbocycles. The molecule has 0 unspecified atom stereocenters. The van der Waals surface area contributed by atoms with Crippen LogP contribution in [-0.4, -0.2) is 40.2 Å². The fourth-order valence-corrected chi connectivity index (χ4v) is 3.47.